The number of anilines is 2. The summed E-state index contributed by atoms with van der Waals surface area (Å²) < 4.78 is 35.4. The van der Waals surface area contributed by atoms with Crippen LogP contribution in [0.3, 0.4) is 0 Å². The van der Waals surface area contributed by atoms with Gasteiger partial charge in [0.2, 0.25) is 11.8 Å². The second-order valence-corrected chi connectivity index (χ2v) is 8.90. The largest absolute Gasteiger partial charge is 0.454 e. The molecule has 2 amide bonds. The minimum Gasteiger partial charge on any atom is -0.454 e. The van der Waals surface area contributed by atoms with Crippen molar-refractivity contribution >= 4 is 35.6 Å². The molecule has 0 unspecified atom stereocenters. The van der Waals surface area contributed by atoms with Crippen LogP contribution in [0.4, 0.5) is 20.2 Å². The van der Waals surface area contributed by atoms with Crippen LogP contribution >= 0.6 is 12.4 Å². The summed E-state index contributed by atoms with van der Waals surface area (Å²) in [5, 5.41) is 6.76. The molecule has 1 aliphatic rings. The Morgan fingerprint density at radius 2 is 1.82 bits per heavy atom. The summed E-state index contributed by atoms with van der Waals surface area (Å²) in [6.07, 6.45) is 5.76. The molecule has 0 aliphatic heterocycles. The summed E-state index contributed by atoms with van der Waals surface area (Å²) >= 11 is 0. The third-order valence-electron chi connectivity index (χ3n) is 6.26. The van der Waals surface area contributed by atoms with Crippen LogP contribution < -0.4 is 15.0 Å². The predicted octanol–water partition coefficient (Wildman–Crippen LogP) is 5.36. The fraction of sp³-hybridized carbons (Fsp3) is 0.185. The SMILES string of the molecule is CN(C(=O)C1(C(=O)Nc2ccc(Oc3ccnc(-c4cnn(C)c4)c3)c(F)c2)CC1)c1ccc(F)cc1.Cl. The lowest BCUT2D eigenvalue weighted by molar-refractivity contribution is -0.132. The molecule has 2 heterocycles. The fourth-order valence-electron chi connectivity index (χ4n) is 3.99. The van der Waals surface area contributed by atoms with Crippen molar-refractivity contribution in [3.8, 4) is 22.8 Å². The molecule has 1 aliphatic carbocycles. The molecule has 4 aromatic rings. The molecule has 2 aromatic heterocycles. The molecule has 0 bridgehead atoms. The topological polar surface area (TPSA) is 89.3 Å². The first-order valence-electron chi connectivity index (χ1n) is 11.5. The molecule has 38 heavy (non-hydrogen) atoms. The third kappa shape index (κ3) is 5.35. The minimum absolute atomic E-state index is 0. The number of hydrogen-bond acceptors (Lipinski definition) is 5. The van der Waals surface area contributed by atoms with Crippen LogP contribution in [0.5, 0.6) is 11.5 Å². The van der Waals surface area contributed by atoms with Crippen molar-refractivity contribution in [2.24, 2.45) is 12.5 Å². The van der Waals surface area contributed by atoms with E-state index in [1.807, 2.05) is 0 Å². The summed E-state index contributed by atoms with van der Waals surface area (Å²) in [5.74, 6) is -1.67. The molecule has 0 spiro atoms. The average Bonchev–Trinajstić information content (AvgIpc) is 3.59. The highest BCUT2D eigenvalue weighted by atomic mass is 35.5. The van der Waals surface area contributed by atoms with Crippen molar-refractivity contribution < 1.29 is 23.1 Å². The number of aryl methyl sites for hydroxylation is 1. The van der Waals surface area contributed by atoms with Crippen LogP contribution in [0.1, 0.15) is 12.8 Å². The Morgan fingerprint density at radius 3 is 2.45 bits per heavy atom. The second-order valence-electron chi connectivity index (χ2n) is 8.90. The van der Waals surface area contributed by atoms with E-state index >= 15 is 0 Å². The summed E-state index contributed by atoms with van der Waals surface area (Å²) in [7, 11) is 3.33. The maximum absolute atomic E-state index is 14.9. The normalized spacial score (nSPS) is 13.3. The zero-order chi connectivity index (χ0) is 26.2. The maximum atomic E-state index is 14.9. The molecule has 2 aromatic carbocycles. The molecule has 0 radical (unpaired) electrons. The van der Waals surface area contributed by atoms with E-state index in [4.69, 9.17) is 4.74 Å². The number of benzene rings is 2. The van der Waals surface area contributed by atoms with Crippen LogP contribution in [0.25, 0.3) is 11.3 Å². The Morgan fingerprint density at radius 1 is 1.08 bits per heavy atom. The number of halogens is 3. The van der Waals surface area contributed by atoms with Crippen LogP contribution in [-0.4, -0.2) is 33.6 Å². The third-order valence-corrected chi connectivity index (χ3v) is 6.26. The number of nitrogens with zero attached hydrogens (tertiary/aromatic N) is 4. The molecule has 5 rings (SSSR count). The zero-order valence-corrected chi connectivity index (χ0v) is 21.3. The molecule has 8 nitrogen and oxygen atoms in total. The van der Waals surface area contributed by atoms with Gasteiger partial charge in [0.05, 0.1) is 11.9 Å². The highest BCUT2D eigenvalue weighted by Crippen LogP contribution is 2.48. The van der Waals surface area contributed by atoms with Crippen LogP contribution in [0, 0.1) is 17.0 Å². The van der Waals surface area contributed by atoms with Gasteiger partial charge in [-0.15, -0.1) is 12.4 Å². The second kappa shape index (κ2) is 10.6. The van der Waals surface area contributed by atoms with E-state index in [0.29, 0.717) is 30.0 Å². The van der Waals surface area contributed by atoms with Crippen LogP contribution in [-0.2, 0) is 16.6 Å². The van der Waals surface area contributed by atoms with E-state index in [1.54, 1.807) is 42.5 Å². The van der Waals surface area contributed by atoms with Gasteiger partial charge in [0.25, 0.3) is 0 Å². The Kier molecular flexibility index (Phi) is 7.45. The molecule has 0 atom stereocenters. The number of hydrogen-bond donors (Lipinski definition) is 1. The van der Waals surface area contributed by atoms with E-state index in [-0.39, 0.29) is 23.8 Å². The highest BCUT2D eigenvalue weighted by Gasteiger charge is 2.57. The number of carbonyl (C=O) groups excluding carboxylic acids is 2. The fourth-order valence-corrected chi connectivity index (χ4v) is 3.99. The first-order chi connectivity index (χ1) is 17.7. The van der Waals surface area contributed by atoms with Gasteiger partial charge in [0.1, 0.15) is 17.0 Å². The number of aromatic nitrogens is 3. The van der Waals surface area contributed by atoms with Crippen LogP contribution in [0.15, 0.2) is 73.2 Å². The quantitative estimate of drug-likeness (QED) is 0.320. The Hall–Kier alpha value is -4.31. The number of carbonyl (C=O) groups is 2. The smallest absolute Gasteiger partial charge is 0.242 e. The van der Waals surface area contributed by atoms with E-state index in [1.165, 1.54) is 48.3 Å². The lowest BCUT2D eigenvalue weighted by Gasteiger charge is -2.23. The van der Waals surface area contributed by atoms with Gasteiger partial charge in [-0.2, -0.15) is 5.10 Å². The van der Waals surface area contributed by atoms with E-state index in [2.05, 4.69) is 15.4 Å². The first kappa shape index (κ1) is 26.7. The Labute approximate surface area is 223 Å². The maximum Gasteiger partial charge on any atom is 0.242 e. The average molecular weight is 540 g/mol. The van der Waals surface area contributed by atoms with Crippen molar-refractivity contribution in [3.63, 3.8) is 0 Å². The van der Waals surface area contributed by atoms with Crippen molar-refractivity contribution in [3.05, 3.63) is 84.8 Å². The predicted molar refractivity (Wildman–Crippen MR) is 140 cm³/mol. The molecule has 11 heteroatoms. The molecule has 1 N–H and O–H groups in total. The molecule has 0 saturated heterocycles. The lowest BCUT2D eigenvalue weighted by Crippen LogP contribution is -2.41. The summed E-state index contributed by atoms with van der Waals surface area (Å²) in [5.41, 5.74) is 0.846. The summed E-state index contributed by atoms with van der Waals surface area (Å²) in [4.78, 5) is 31.7. The molecule has 1 saturated carbocycles. The number of amides is 2. The van der Waals surface area contributed by atoms with Crippen molar-refractivity contribution in [2.45, 2.75) is 12.8 Å². The van der Waals surface area contributed by atoms with Gasteiger partial charge in [0, 0.05) is 55.6 Å². The van der Waals surface area contributed by atoms with Gasteiger partial charge in [-0.25, -0.2) is 8.78 Å². The van der Waals surface area contributed by atoms with Gasteiger partial charge < -0.3 is 15.0 Å². The highest BCUT2D eigenvalue weighted by molar-refractivity contribution is 6.17. The number of ether oxygens (including phenoxy) is 1. The lowest BCUT2D eigenvalue weighted by atomic mass is 10.0. The standard InChI is InChI=1S/C27H23F2N5O3.ClH/c1-33-16-17(15-31-33)23-14-21(9-12-30-23)37-24-8-5-19(13-22(24)29)32-25(35)27(10-11-27)26(36)34(2)20-6-3-18(28)4-7-20;/h3-9,12-16H,10-11H2,1-2H3,(H,32,35);1H. The van der Waals surface area contributed by atoms with Crippen molar-refractivity contribution in [2.75, 3.05) is 17.3 Å². The van der Waals surface area contributed by atoms with Crippen molar-refractivity contribution in [1.82, 2.24) is 14.8 Å². The van der Waals surface area contributed by atoms with Gasteiger partial charge in [-0.05, 0) is 55.3 Å². The number of rotatable bonds is 7. The van der Waals surface area contributed by atoms with E-state index in [9.17, 15) is 18.4 Å². The number of pyridine rings is 1. The van der Waals surface area contributed by atoms with Gasteiger partial charge >= 0.3 is 0 Å². The van der Waals surface area contributed by atoms with Crippen molar-refractivity contribution in [1.29, 1.82) is 0 Å². The minimum atomic E-state index is -1.24. The molecule has 1 fully saturated rings. The number of nitrogens with one attached hydrogen (secondary N) is 1. The van der Waals surface area contributed by atoms with E-state index < -0.39 is 28.9 Å². The summed E-state index contributed by atoms with van der Waals surface area (Å²) in [6.45, 7) is 0. The molecular formula is C27H24ClF2N5O3. The first-order valence-corrected chi connectivity index (χ1v) is 11.5. The Bertz CT molecular complexity index is 1490. The molecule has 196 valence electrons. The Balaban J connectivity index is 0.00000336. The van der Waals surface area contributed by atoms with Crippen LogP contribution in [0.2, 0.25) is 0 Å². The zero-order valence-electron chi connectivity index (χ0n) is 20.5. The monoisotopic (exact) mass is 539 g/mol. The van der Waals surface area contributed by atoms with Gasteiger partial charge in [-0.3, -0.25) is 19.3 Å². The van der Waals surface area contributed by atoms with E-state index in [0.717, 1.165) is 11.6 Å². The summed E-state index contributed by atoms with van der Waals surface area (Å²) in [6, 6.07) is 12.8. The van der Waals surface area contributed by atoms with Gasteiger partial charge in [-0.1, -0.05) is 0 Å². The molecular weight excluding hydrogens is 516 g/mol. The van der Waals surface area contributed by atoms with Gasteiger partial charge in [0.15, 0.2) is 11.6 Å².